The SMILES string of the molecule is CCc1nc(=S)cc(-c2ccc(C)c(C)c2)[nH]1. The first kappa shape index (κ1) is 12.0. The van der Waals surface area contributed by atoms with Crippen LogP contribution in [0.25, 0.3) is 11.3 Å². The lowest BCUT2D eigenvalue weighted by molar-refractivity contribution is 0.936. The van der Waals surface area contributed by atoms with Crippen LogP contribution in [0.2, 0.25) is 0 Å². The molecule has 0 unspecified atom stereocenters. The summed E-state index contributed by atoms with van der Waals surface area (Å²) in [5.74, 6) is 0.936. The Morgan fingerprint density at radius 3 is 2.59 bits per heavy atom. The van der Waals surface area contributed by atoms with Crippen molar-refractivity contribution in [2.75, 3.05) is 0 Å². The van der Waals surface area contributed by atoms with Gasteiger partial charge < -0.3 is 4.98 Å². The molecule has 1 aromatic heterocycles. The van der Waals surface area contributed by atoms with Crippen LogP contribution in [0.3, 0.4) is 0 Å². The van der Waals surface area contributed by atoms with E-state index in [0.717, 1.165) is 23.5 Å². The Morgan fingerprint density at radius 1 is 1.18 bits per heavy atom. The van der Waals surface area contributed by atoms with Crippen LogP contribution < -0.4 is 0 Å². The van der Waals surface area contributed by atoms with E-state index in [9.17, 15) is 0 Å². The van der Waals surface area contributed by atoms with Gasteiger partial charge in [-0.15, -0.1) is 0 Å². The third-order valence-corrected chi connectivity index (χ3v) is 3.15. The minimum Gasteiger partial charge on any atom is -0.343 e. The second kappa shape index (κ2) is 4.80. The average molecular weight is 244 g/mol. The first-order valence-corrected chi connectivity index (χ1v) is 6.19. The number of aromatic amines is 1. The van der Waals surface area contributed by atoms with E-state index < -0.39 is 0 Å². The topological polar surface area (TPSA) is 28.7 Å². The molecular weight excluding hydrogens is 228 g/mol. The van der Waals surface area contributed by atoms with E-state index in [0.29, 0.717) is 4.64 Å². The third-order valence-electron chi connectivity index (χ3n) is 2.94. The number of rotatable bonds is 2. The van der Waals surface area contributed by atoms with E-state index in [1.807, 2.05) is 6.07 Å². The summed E-state index contributed by atoms with van der Waals surface area (Å²) in [6.45, 7) is 6.30. The molecule has 1 N–H and O–H groups in total. The quantitative estimate of drug-likeness (QED) is 0.809. The summed E-state index contributed by atoms with van der Waals surface area (Å²) in [4.78, 5) is 7.60. The maximum absolute atomic E-state index is 5.18. The molecule has 3 heteroatoms. The smallest absolute Gasteiger partial charge is 0.130 e. The molecule has 2 aromatic rings. The first-order chi connectivity index (χ1) is 8.10. The zero-order valence-corrected chi connectivity index (χ0v) is 11.2. The van der Waals surface area contributed by atoms with Gasteiger partial charge in [-0.05, 0) is 42.7 Å². The van der Waals surface area contributed by atoms with Gasteiger partial charge in [0.05, 0.1) is 0 Å². The molecule has 2 rings (SSSR count). The van der Waals surface area contributed by atoms with Crippen molar-refractivity contribution < 1.29 is 0 Å². The minimum atomic E-state index is 0.647. The molecule has 0 aliphatic rings. The standard InChI is InChI=1S/C14H16N2S/c1-4-13-15-12(8-14(17)16-13)11-6-5-9(2)10(3)7-11/h5-8H,4H2,1-3H3,(H,15,16,17). The maximum Gasteiger partial charge on any atom is 0.130 e. The molecule has 1 aromatic carbocycles. The van der Waals surface area contributed by atoms with E-state index in [4.69, 9.17) is 12.2 Å². The summed E-state index contributed by atoms with van der Waals surface area (Å²) in [5.41, 5.74) is 4.80. The van der Waals surface area contributed by atoms with Gasteiger partial charge in [0, 0.05) is 12.1 Å². The zero-order chi connectivity index (χ0) is 12.4. The summed E-state index contributed by atoms with van der Waals surface area (Å²) in [6, 6.07) is 8.34. The second-order valence-corrected chi connectivity index (χ2v) is 4.65. The van der Waals surface area contributed by atoms with Gasteiger partial charge in [-0.1, -0.05) is 31.3 Å². The van der Waals surface area contributed by atoms with Crippen molar-refractivity contribution in [3.05, 3.63) is 45.9 Å². The van der Waals surface area contributed by atoms with Crippen molar-refractivity contribution in [2.24, 2.45) is 0 Å². The fourth-order valence-electron chi connectivity index (χ4n) is 1.74. The van der Waals surface area contributed by atoms with Crippen LogP contribution in [0.5, 0.6) is 0 Å². The molecule has 88 valence electrons. The highest BCUT2D eigenvalue weighted by atomic mass is 32.1. The largest absolute Gasteiger partial charge is 0.343 e. The Kier molecular flexibility index (Phi) is 3.38. The molecule has 17 heavy (non-hydrogen) atoms. The van der Waals surface area contributed by atoms with Crippen molar-refractivity contribution in [2.45, 2.75) is 27.2 Å². The van der Waals surface area contributed by atoms with E-state index in [1.165, 1.54) is 11.1 Å². The monoisotopic (exact) mass is 244 g/mol. The molecule has 2 nitrogen and oxygen atoms in total. The van der Waals surface area contributed by atoms with E-state index >= 15 is 0 Å². The van der Waals surface area contributed by atoms with Crippen LogP contribution >= 0.6 is 12.2 Å². The van der Waals surface area contributed by atoms with Crippen molar-refractivity contribution >= 4 is 12.2 Å². The number of nitrogens with one attached hydrogen (secondary N) is 1. The molecule has 0 bridgehead atoms. The lowest BCUT2D eigenvalue weighted by atomic mass is 10.0. The number of hydrogen-bond acceptors (Lipinski definition) is 2. The normalized spacial score (nSPS) is 10.5. The third kappa shape index (κ3) is 2.61. The van der Waals surface area contributed by atoms with Gasteiger partial charge in [-0.2, -0.15) is 0 Å². The molecule has 0 aliphatic carbocycles. The maximum atomic E-state index is 5.18. The van der Waals surface area contributed by atoms with Crippen LogP contribution in [0, 0.1) is 18.5 Å². The molecular formula is C14H16N2S. The van der Waals surface area contributed by atoms with Crippen LogP contribution in [0.1, 0.15) is 23.9 Å². The van der Waals surface area contributed by atoms with Crippen molar-refractivity contribution in [1.29, 1.82) is 0 Å². The number of nitrogens with zero attached hydrogens (tertiary/aromatic N) is 1. The van der Waals surface area contributed by atoms with Gasteiger partial charge in [0.15, 0.2) is 0 Å². The van der Waals surface area contributed by atoms with Crippen molar-refractivity contribution in [3.63, 3.8) is 0 Å². The predicted octanol–water partition coefficient (Wildman–Crippen LogP) is 3.99. The van der Waals surface area contributed by atoms with E-state index in [2.05, 4.69) is 48.9 Å². The van der Waals surface area contributed by atoms with Crippen LogP contribution in [0.4, 0.5) is 0 Å². The molecule has 0 fully saturated rings. The summed E-state index contributed by atoms with van der Waals surface area (Å²) >= 11 is 5.18. The Labute approximate surface area is 107 Å². The zero-order valence-electron chi connectivity index (χ0n) is 10.4. The Balaban J connectivity index is 2.55. The van der Waals surface area contributed by atoms with E-state index in [1.54, 1.807) is 0 Å². The molecule has 0 radical (unpaired) electrons. The van der Waals surface area contributed by atoms with Gasteiger partial charge >= 0.3 is 0 Å². The molecule has 0 atom stereocenters. The summed E-state index contributed by atoms with van der Waals surface area (Å²) in [5, 5.41) is 0. The highest BCUT2D eigenvalue weighted by Gasteiger charge is 2.02. The van der Waals surface area contributed by atoms with Gasteiger partial charge in [-0.25, -0.2) is 4.98 Å². The number of aryl methyl sites for hydroxylation is 3. The van der Waals surface area contributed by atoms with Gasteiger partial charge in [0.2, 0.25) is 0 Å². The van der Waals surface area contributed by atoms with Gasteiger partial charge in [0.1, 0.15) is 10.5 Å². The fraction of sp³-hybridized carbons (Fsp3) is 0.286. The number of H-pyrrole nitrogens is 1. The Morgan fingerprint density at radius 2 is 1.94 bits per heavy atom. The predicted molar refractivity (Wildman–Crippen MR) is 73.7 cm³/mol. The highest BCUT2D eigenvalue weighted by Crippen LogP contribution is 2.20. The Bertz CT molecular complexity index is 599. The highest BCUT2D eigenvalue weighted by molar-refractivity contribution is 7.71. The average Bonchev–Trinajstić information content (AvgIpc) is 2.32. The van der Waals surface area contributed by atoms with Crippen LogP contribution in [-0.4, -0.2) is 9.97 Å². The molecule has 0 spiro atoms. The lowest BCUT2D eigenvalue weighted by Crippen LogP contribution is -1.95. The van der Waals surface area contributed by atoms with Gasteiger partial charge in [-0.3, -0.25) is 0 Å². The minimum absolute atomic E-state index is 0.647. The number of hydrogen-bond donors (Lipinski definition) is 1. The van der Waals surface area contributed by atoms with Gasteiger partial charge in [0.25, 0.3) is 0 Å². The van der Waals surface area contributed by atoms with E-state index in [-0.39, 0.29) is 0 Å². The first-order valence-electron chi connectivity index (χ1n) is 5.78. The fourth-order valence-corrected chi connectivity index (χ4v) is 1.97. The van der Waals surface area contributed by atoms with Crippen LogP contribution in [0.15, 0.2) is 24.3 Å². The summed E-state index contributed by atoms with van der Waals surface area (Å²) in [7, 11) is 0. The summed E-state index contributed by atoms with van der Waals surface area (Å²) in [6.07, 6.45) is 0.863. The molecule has 0 aliphatic heterocycles. The van der Waals surface area contributed by atoms with Crippen molar-refractivity contribution in [3.8, 4) is 11.3 Å². The lowest BCUT2D eigenvalue weighted by Gasteiger charge is -2.07. The van der Waals surface area contributed by atoms with Crippen LogP contribution in [-0.2, 0) is 6.42 Å². The molecule has 0 saturated carbocycles. The molecule has 0 amide bonds. The second-order valence-electron chi connectivity index (χ2n) is 4.23. The number of benzene rings is 1. The number of aromatic nitrogens is 2. The molecule has 0 saturated heterocycles. The van der Waals surface area contributed by atoms with Crippen molar-refractivity contribution in [1.82, 2.24) is 9.97 Å². The summed E-state index contributed by atoms with van der Waals surface area (Å²) < 4.78 is 0.647. The Hall–Kier alpha value is -1.48. The molecule has 1 heterocycles.